The largest absolute Gasteiger partial charge is 0.443 e. The number of halogens is 4. The van der Waals surface area contributed by atoms with Crippen LogP contribution in [0.4, 0.5) is 23.7 Å². The minimum atomic E-state index is -4.45. The highest BCUT2D eigenvalue weighted by atomic mass is 35.5. The highest BCUT2D eigenvalue weighted by Gasteiger charge is 2.39. The SMILES string of the molecule is O=C1OC(CN2CCC(O)(c3cccc(C(F)(F)F)c3)CC2)CN1c1ccc(Cl)cc1. The third kappa shape index (κ3) is 4.81. The average Bonchev–Trinajstić information content (AvgIpc) is 3.10. The van der Waals surface area contributed by atoms with Crippen molar-refractivity contribution in [3.8, 4) is 0 Å². The molecule has 2 fully saturated rings. The maximum Gasteiger partial charge on any atom is 0.416 e. The maximum absolute atomic E-state index is 13.0. The number of ether oxygens (including phenoxy) is 1. The van der Waals surface area contributed by atoms with Gasteiger partial charge >= 0.3 is 12.3 Å². The highest BCUT2D eigenvalue weighted by molar-refractivity contribution is 6.30. The van der Waals surface area contributed by atoms with Gasteiger partial charge < -0.3 is 9.84 Å². The molecule has 0 radical (unpaired) electrons. The summed E-state index contributed by atoms with van der Waals surface area (Å²) in [7, 11) is 0. The number of carbonyl (C=O) groups is 1. The number of rotatable bonds is 4. The third-order valence-corrected chi connectivity index (χ3v) is 6.14. The first kappa shape index (κ1) is 21.9. The number of alkyl halides is 3. The molecule has 4 rings (SSSR count). The Morgan fingerprint density at radius 2 is 1.81 bits per heavy atom. The number of hydrogen-bond donors (Lipinski definition) is 1. The van der Waals surface area contributed by atoms with E-state index in [1.165, 1.54) is 12.1 Å². The molecule has 5 nitrogen and oxygen atoms in total. The van der Waals surface area contributed by atoms with E-state index in [2.05, 4.69) is 4.90 Å². The predicted molar refractivity (Wildman–Crippen MR) is 110 cm³/mol. The molecule has 1 unspecified atom stereocenters. The number of likely N-dealkylation sites (tertiary alicyclic amines) is 1. The molecule has 0 aromatic heterocycles. The first-order valence-electron chi connectivity index (χ1n) is 10.0. The van der Waals surface area contributed by atoms with Gasteiger partial charge in [-0.3, -0.25) is 9.80 Å². The summed E-state index contributed by atoms with van der Waals surface area (Å²) >= 11 is 5.89. The van der Waals surface area contributed by atoms with E-state index in [1.807, 2.05) is 0 Å². The Bertz CT molecular complexity index is 944. The number of aliphatic hydroxyl groups is 1. The van der Waals surface area contributed by atoms with Crippen molar-refractivity contribution < 1.29 is 27.8 Å². The molecule has 2 aliphatic rings. The smallest absolute Gasteiger partial charge is 0.416 e. The lowest BCUT2D eigenvalue weighted by Gasteiger charge is -2.39. The normalized spacial score (nSPS) is 21.9. The number of cyclic esters (lactones) is 1. The van der Waals surface area contributed by atoms with Crippen molar-refractivity contribution in [3.05, 3.63) is 64.7 Å². The predicted octanol–water partition coefficient (Wildman–Crippen LogP) is 4.67. The van der Waals surface area contributed by atoms with Crippen LogP contribution in [0.25, 0.3) is 0 Å². The van der Waals surface area contributed by atoms with Crippen LogP contribution in [0.15, 0.2) is 48.5 Å². The standard InChI is InChI=1S/C22H22ClF3N2O3/c23-17-4-6-18(7-5-17)28-14-19(31-20(28)29)13-27-10-8-21(30,9-11-27)15-2-1-3-16(12-15)22(24,25)26/h1-7,12,19,30H,8-11,13-14H2. The fourth-order valence-electron chi connectivity index (χ4n) is 4.12. The summed E-state index contributed by atoms with van der Waals surface area (Å²) in [4.78, 5) is 15.8. The molecule has 2 saturated heterocycles. The van der Waals surface area contributed by atoms with E-state index in [4.69, 9.17) is 16.3 Å². The zero-order valence-corrected chi connectivity index (χ0v) is 17.4. The second kappa shape index (κ2) is 8.33. The van der Waals surface area contributed by atoms with Crippen LogP contribution in [-0.4, -0.2) is 48.4 Å². The van der Waals surface area contributed by atoms with Crippen molar-refractivity contribution in [2.45, 2.75) is 30.7 Å². The molecule has 0 aliphatic carbocycles. The number of piperidine rings is 1. The number of benzene rings is 2. The van der Waals surface area contributed by atoms with Gasteiger partial charge in [-0.2, -0.15) is 13.2 Å². The van der Waals surface area contributed by atoms with Gasteiger partial charge in [-0.15, -0.1) is 0 Å². The highest BCUT2D eigenvalue weighted by Crippen LogP contribution is 2.37. The Hall–Kier alpha value is -2.29. The van der Waals surface area contributed by atoms with Crippen molar-refractivity contribution in [1.29, 1.82) is 0 Å². The molecule has 0 spiro atoms. The fourth-order valence-corrected chi connectivity index (χ4v) is 4.24. The van der Waals surface area contributed by atoms with Crippen LogP contribution in [0.1, 0.15) is 24.0 Å². The second-order valence-corrected chi connectivity index (χ2v) is 8.44. The van der Waals surface area contributed by atoms with Crippen molar-refractivity contribution in [3.63, 3.8) is 0 Å². The summed E-state index contributed by atoms with van der Waals surface area (Å²) in [6, 6.07) is 11.8. The second-order valence-electron chi connectivity index (χ2n) is 8.00. The zero-order chi connectivity index (χ0) is 22.2. The topological polar surface area (TPSA) is 53.0 Å². The van der Waals surface area contributed by atoms with Crippen molar-refractivity contribution in [2.24, 2.45) is 0 Å². The van der Waals surface area contributed by atoms with Gasteiger partial charge in [0.1, 0.15) is 6.10 Å². The summed E-state index contributed by atoms with van der Waals surface area (Å²) in [5.41, 5.74) is -1.09. The van der Waals surface area contributed by atoms with Gasteiger partial charge in [-0.1, -0.05) is 23.7 Å². The summed E-state index contributed by atoms with van der Waals surface area (Å²) in [5, 5.41) is 11.5. The monoisotopic (exact) mass is 454 g/mol. The minimum absolute atomic E-state index is 0.281. The molecule has 166 valence electrons. The van der Waals surface area contributed by atoms with E-state index >= 15 is 0 Å². The Labute approximate surface area is 183 Å². The van der Waals surface area contributed by atoms with Crippen LogP contribution >= 0.6 is 11.6 Å². The van der Waals surface area contributed by atoms with Crippen LogP contribution in [-0.2, 0) is 16.5 Å². The average molecular weight is 455 g/mol. The van der Waals surface area contributed by atoms with Crippen molar-refractivity contribution in [2.75, 3.05) is 31.1 Å². The van der Waals surface area contributed by atoms with Gasteiger partial charge in [-0.25, -0.2) is 4.79 Å². The van der Waals surface area contributed by atoms with E-state index < -0.39 is 23.4 Å². The summed E-state index contributed by atoms with van der Waals surface area (Å²) in [5.74, 6) is 0. The van der Waals surface area contributed by atoms with Crippen LogP contribution in [0.2, 0.25) is 5.02 Å². The number of amides is 1. The first-order chi connectivity index (χ1) is 14.6. The van der Waals surface area contributed by atoms with Gasteiger partial charge in [0.25, 0.3) is 0 Å². The van der Waals surface area contributed by atoms with Gasteiger partial charge in [0.05, 0.1) is 17.7 Å². The number of carbonyl (C=O) groups excluding carboxylic acids is 1. The van der Waals surface area contributed by atoms with Crippen LogP contribution in [0.5, 0.6) is 0 Å². The Balaban J connectivity index is 1.35. The first-order valence-corrected chi connectivity index (χ1v) is 10.4. The number of hydrogen-bond acceptors (Lipinski definition) is 4. The Morgan fingerprint density at radius 1 is 1.13 bits per heavy atom. The molecule has 0 bridgehead atoms. The molecule has 2 heterocycles. The van der Waals surface area contributed by atoms with Gasteiger partial charge in [-0.05, 0) is 54.8 Å². The molecular weight excluding hydrogens is 433 g/mol. The Morgan fingerprint density at radius 3 is 2.45 bits per heavy atom. The molecule has 9 heteroatoms. The molecule has 1 N–H and O–H groups in total. The number of nitrogens with zero attached hydrogens (tertiary/aromatic N) is 2. The molecule has 2 aromatic rings. The van der Waals surface area contributed by atoms with E-state index in [-0.39, 0.29) is 11.7 Å². The lowest BCUT2D eigenvalue weighted by Crippen LogP contribution is -2.45. The molecule has 2 aromatic carbocycles. The molecular formula is C22H22ClF3N2O3. The third-order valence-electron chi connectivity index (χ3n) is 5.88. The van der Waals surface area contributed by atoms with E-state index in [0.29, 0.717) is 49.7 Å². The molecule has 31 heavy (non-hydrogen) atoms. The molecule has 1 atom stereocenters. The molecule has 1 amide bonds. The summed E-state index contributed by atoms with van der Waals surface area (Å²) in [6.07, 6.45) is -4.60. The maximum atomic E-state index is 13.0. The number of anilines is 1. The van der Waals surface area contributed by atoms with Crippen LogP contribution in [0.3, 0.4) is 0 Å². The Kier molecular flexibility index (Phi) is 5.89. The zero-order valence-electron chi connectivity index (χ0n) is 16.6. The summed E-state index contributed by atoms with van der Waals surface area (Å²) < 4.78 is 44.5. The van der Waals surface area contributed by atoms with Crippen LogP contribution in [0, 0.1) is 0 Å². The van der Waals surface area contributed by atoms with E-state index in [0.717, 1.165) is 12.1 Å². The van der Waals surface area contributed by atoms with Gasteiger partial charge in [0, 0.05) is 30.3 Å². The fraction of sp³-hybridized carbons (Fsp3) is 0.409. The quantitative estimate of drug-likeness (QED) is 0.729. The van der Waals surface area contributed by atoms with Gasteiger partial charge in [0.2, 0.25) is 0 Å². The lowest BCUT2D eigenvalue weighted by molar-refractivity contribution is -0.137. The van der Waals surface area contributed by atoms with E-state index in [9.17, 15) is 23.1 Å². The van der Waals surface area contributed by atoms with E-state index in [1.54, 1.807) is 29.2 Å². The van der Waals surface area contributed by atoms with Crippen molar-refractivity contribution in [1.82, 2.24) is 4.90 Å². The molecule has 0 saturated carbocycles. The van der Waals surface area contributed by atoms with Crippen LogP contribution < -0.4 is 4.90 Å². The van der Waals surface area contributed by atoms with Crippen molar-refractivity contribution >= 4 is 23.4 Å². The summed E-state index contributed by atoms with van der Waals surface area (Å²) in [6.45, 7) is 1.87. The lowest BCUT2D eigenvalue weighted by atomic mass is 9.83. The molecule has 2 aliphatic heterocycles. The van der Waals surface area contributed by atoms with Gasteiger partial charge in [0.15, 0.2) is 0 Å². The minimum Gasteiger partial charge on any atom is -0.443 e.